The Bertz CT molecular complexity index is 595. The Labute approximate surface area is 123 Å². The molecule has 1 aliphatic rings. The summed E-state index contributed by atoms with van der Waals surface area (Å²) < 4.78 is 2.09. The van der Waals surface area contributed by atoms with E-state index in [0.29, 0.717) is 0 Å². The predicted molar refractivity (Wildman–Crippen MR) is 78.3 cm³/mol. The molecule has 0 bridgehead atoms. The van der Waals surface area contributed by atoms with Gasteiger partial charge in [0, 0.05) is 24.2 Å². The fourth-order valence-corrected chi connectivity index (χ4v) is 3.06. The van der Waals surface area contributed by atoms with Crippen molar-refractivity contribution in [2.45, 2.75) is 32.1 Å². The van der Waals surface area contributed by atoms with Crippen molar-refractivity contribution in [3.63, 3.8) is 0 Å². The molecule has 0 amide bonds. The average molecular weight is 292 g/mol. The van der Waals surface area contributed by atoms with Gasteiger partial charge in [-0.25, -0.2) is 0 Å². The highest BCUT2D eigenvalue weighted by atomic mass is 35.5. The van der Waals surface area contributed by atoms with Gasteiger partial charge >= 0.3 is 0 Å². The van der Waals surface area contributed by atoms with E-state index < -0.39 is 0 Å². The molecule has 0 saturated carbocycles. The van der Waals surface area contributed by atoms with Gasteiger partial charge in [-0.3, -0.25) is 4.90 Å². The van der Waals surface area contributed by atoms with E-state index in [0.717, 1.165) is 36.0 Å². The number of benzene rings is 1. The van der Waals surface area contributed by atoms with E-state index in [-0.39, 0.29) is 12.1 Å². The van der Waals surface area contributed by atoms with Crippen LogP contribution in [-0.2, 0) is 13.1 Å². The van der Waals surface area contributed by atoms with E-state index in [1.165, 1.54) is 0 Å². The van der Waals surface area contributed by atoms with Gasteiger partial charge in [0.05, 0.1) is 12.6 Å². The minimum absolute atomic E-state index is 0.0166. The fraction of sp³-hybridized carbons (Fsp3) is 0.429. The summed E-state index contributed by atoms with van der Waals surface area (Å²) in [7, 11) is 0. The highest BCUT2D eigenvalue weighted by molar-refractivity contribution is 6.30. The van der Waals surface area contributed by atoms with Crippen molar-refractivity contribution >= 4 is 11.6 Å². The summed E-state index contributed by atoms with van der Waals surface area (Å²) in [6.45, 7) is 4.62. The number of rotatable bonds is 3. The van der Waals surface area contributed by atoms with Gasteiger partial charge in [0.2, 0.25) is 0 Å². The molecule has 106 valence electrons. The van der Waals surface area contributed by atoms with E-state index in [9.17, 15) is 0 Å². The lowest BCUT2D eigenvalue weighted by atomic mass is 9.98. The van der Waals surface area contributed by atoms with Crippen molar-refractivity contribution in [3.8, 4) is 0 Å². The zero-order chi connectivity index (χ0) is 14.1. The summed E-state index contributed by atoms with van der Waals surface area (Å²) >= 11 is 6.11. The van der Waals surface area contributed by atoms with Crippen LogP contribution in [0.1, 0.15) is 24.4 Å². The van der Waals surface area contributed by atoms with Gasteiger partial charge in [-0.2, -0.15) is 0 Å². The molecular formula is C14H18ClN5. The molecule has 0 fully saturated rings. The van der Waals surface area contributed by atoms with E-state index >= 15 is 0 Å². The first kappa shape index (κ1) is 13.5. The molecule has 5 nitrogen and oxygen atoms in total. The topological polar surface area (TPSA) is 60.0 Å². The zero-order valence-electron chi connectivity index (χ0n) is 11.4. The second kappa shape index (κ2) is 5.52. The van der Waals surface area contributed by atoms with Gasteiger partial charge < -0.3 is 10.3 Å². The molecule has 0 aliphatic carbocycles. The van der Waals surface area contributed by atoms with Crippen LogP contribution in [0.15, 0.2) is 30.6 Å². The smallest absolute Gasteiger partial charge is 0.147 e. The molecule has 2 unspecified atom stereocenters. The maximum Gasteiger partial charge on any atom is 0.147 e. The number of halogens is 1. The van der Waals surface area contributed by atoms with Crippen LogP contribution in [0, 0.1) is 0 Å². The molecule has 20 heavy (non-hydrogen) atoms. The van der Waals surface area contributed by atoms with Crippen LogP contribution in [0.3, 0.4) is 0 Å². The molecule has 6 heteroatoms. The molecule has 2 heterocycles. The lowest BCUT2D eigenvalue weighted by Crippen LogP contribution is -2.43. The SMILES string of the molecule is CC(N)C(c1cccc(Cl)c1)N1CCn2cnnc2C1. The molecule has 0 spiro atoms. The first-order valence-corrected chi connectivity index (χ1v) is 7.15. The summed E-state index contributed by atoms with van der Waals surface area (Å²) in [6, 6.07) is 8.09. The van der Waals surface area contributed by atoms with E-state index in [2.05, 4.69) is 25.7 Å². The number of fused-ring (bicyclic) bond motifs is 1. The van der Waals surface area contributed by atoms with Crippen LogP contribution in [0.4, 0.5) is 0 Å². The first-order chi connectivity index (χ1) is 9.65. The maximum absolute atomic E-state index is 6.22. The summed E-state index contributed by atoms with van der Waals surface area (Å²) in [4.78, 5) is 2.35. The Balaban J connectivity index is 1.89. The summed E-state index contributed by atoms with van der Waals surface area (Å²) in [5.41, 5.74) is 7.37. The van der Waals surface area contributed by atoms with Crippen LogP contribution < -0.4 is 5.73 Å². The van der Waals surface area contributed by atoms with Gasteiger partial charge in [0.25, 0.3) is 0 Å². The van der Waals surface area contributed by atoms with Crippen molar-refractivity contribution in [1.82, 2.24) is 19.7 Å². The number of hydrogen-bond donors (Lipinski definition) is 1. The Morgan fingerprint density at radius 1 is 1.35 bits per heavy atom. The summed E-state index contributed by atoms with van der Waals surface area (Å²) in [6.07, 6.45) is 1.78. The largest absolute Gasteiger partial charge is 0.326 e. The second-order valence-electron chi connectivity index (χ2n) is 5.27. The van der Waals surface area contributed by atoms with Crippen molar-refractivity contribution in [2.75, 3.05) is 6.54 Å². The number of hydrogen-bond acceptors (Lipinski definition) is 4. The van der Waals surface area contributed by atoms with Crippen LogP contribution in [0.5, 0.6) is 0 Å². The molecule has 3 rings (SSSR count). The monoisotopic (exact) mass is 291 g/mol. The van der Waals surface area contributed by atoms with Crippen molar-refractivity contribution in [1.29, 1.82) is 0 Å². The van der Waals surface area contributed by atoms with E-state index in [1.807, 2.05) is 25.1 Å². The fourth-order valence-electron chi connectivity index (χ4n) is 2.86. The molecule has 1 aromatic heterocycles. The van der Waals surface area contributed by atoms with Gasteiger partial charge in [0.1, 0.15) is 12.2 Å². The highest BCUT2D eigenvalue weighted by Crippen LogP contribution is 2.28. The first-order valence-electron chi connectivity index (χ1n) is 6.77. The Hall–Kier alpha value is -1.43. The van der Waals surface area contributed by atoms with E-state index in [1.54, 1.807) is 6.33 Å². The second-order valence-corrected chi connectivity index (χ2v) is 5.71. The zero-order valence-corrected chi connectivity index (χ0v) is 12.2. The average Bonchev–Trinajstić information content (AvgIpc) is 2.86. The number of aromatic nitrogens is 3. The van der Waals surface area contributed by atoms with Gasteiger partial charge in [-0.15, -0.1) is 10.2 Å². The molecule has 0 radical (unpaired) electrons. The number of nitrogens with two attached hydrogens (primary N) is 1. The highest BCUT2D eigenvalue weighted by Gasteiger charge is 2.28. The van der Waals surface area contributed by atoms with Gasteiger partial charge in [0.15, 0.2) is 0 Å². The van der Waals surface area contributed by atoms with Gasteiger partial charge in [-0.1, -0.05) is 23.7 Å². The third-order valence-corrected chi connectivity index (χ3v) is 3.99. The maximum atomic E-state index is 6.22. The summed E-state index contributed by atoms with van der Waals surface area (Å²) in [5, 5.41) is 8.87. The quantitative estimate of drug-likeness (QED) is 0.937. The minimum atomic E-state index is 0.0166. The molecule has 2 aromatic rings. The van der Waals surface area contributed by atoms with Gasteiger partial charge in [-0.05, 0) is 24.6 Å². The van der Waals surface area contributed by atoms with Crippen molar-refractivity contribution < 1.29 is 0 Å². The van der Waals surface area contributed by atoms with Crippen molar-refractivity contribution in [2.24, 2.45) is 5.73 Å². The van der Waals surface area contributed by atoms with Crippen molar-refractivity contribution in [3.05, 3.63) is 47.0 Å². The molecular weight excluding hydrogens is 274 g/mol. The normalized spacial score (nSPS) is 18.6. The van der Waals surface area contributed by atoms with Crippen LogP contribution in [0.25, 0.3) is 0 Å². The lowest BCUT2D eigenvalue weighted by molar-refractivity contribution is 0.136. The summed E-state index contributed by atoms with van der Waals surface area (Å²) in [5.74, 6) is 0.990. The molecule has 2 N–H and O–H groups in total. The van der Waals surface area contributed by atoms with Crippen LogP contribution >= 0.6 is 11.6 Å². The lowest BCUT2D eigenvalue weighted by Gasteiger charge is -2.36. The van der Waals surface area contributed by atoms with Crippen LogP contribution in [0.2, 0.25) is 5.02 Å². The number of nitrogens with zero attached hydrogens (tertiary/aromatic N) is 4. The third-order valence-electron chi connectivity index (χ3n) is 3.75. The van der Waals surface area contributed by atoms with Crippen LogP contribution in [-0.4, -0.2) is 32.3 Å². The molecule has 1 aromatic carbocycles. The molecule has 1 aliphatic heterocycles. The minimum Gasteiger partial charge on any atom is -0.326 e. The third kappa shape index (κ3) is 2.57. The molecule has 2 atom stereocenters. The Morgan fingerprint density at radius 3 is 2.95 bits per heavy atom. The standard InChI is InChI=1S/C14H18ClN5/c1-10(16)14(11-3-2-4-12(15)7-11)19-5-6-20-9-17-18-13(20)8-19/h2-4,7,9-10,14H,5-6,8,16H2,1H3. The van der Waals surface area contributed by atoms with E-state index in [4.69, 9.17) is 17.3 Å². The Kier molecular flexibility index (Phi) is 3.74. The predicted octanol–water partition coefficient (Wildman–Crippen LogP) is 1.84. The molecule has 0 saturated heterocycles. The Morgan fingerprint density at radius 2 is 2.20 bits per heavy atom.